The molecule has 0 aliphatic carbocycles. The number of aliphatic imine (C=N–C) groups is 1. The molecule has 118 valence electrons. The number of benzene rings is 1. The van der Waals surface area contributed by atoms with Crippen molar-refractivity contribution in [1.82, 2.24) is 14.5 Å². The van der Waals surface area contributed by atoms with Crippen molar-refractivity contribution >= 4 is 28.6 Å². The first-order chi connectivity index (χ1) is 10.6. The van der Waals surface area contributed by atoms with E-state index in [4.69, 9.17) is 17.3 Å². The summed E-state index contributed by atoms with van der Waals surface area (Å²) >= 11 is 6.25. The highest BCUT2D eigenvalue weighted by Gasteiger charge is 2.18. The van der Waals surface area contributed by atoms with Gasteiger partial charge in [0.1, 0.15) is 12.4 Å². The van der Waals surface area contributed by atoms with Crippen LogP contribution in [0, 0.1) is 5.92 Å². The maximum atomic E-state index is 6.25. The molecule has 3 rings (SSSR count). The van der Waals surface area contributed by atoms with E-state index in [9.17, 15) is 0 Å². The average molecular weight is 320 g/mol. The number of para-hydroxylation sites is 1. The lowest BCUT2D eigenvalue weighted by Crippen LogP contribution is -2.43. The van der Waals surface area contributed by atoms with Gasteiger partial charge in [0.2, 0.25) is 0 Å². The number of imidazole rings is 1. The summed E-state index contributed by atoms with van der Waals surface area (Å²) in [5.74, 6) is 2.16. The Morgan fingerprint density at radius 1 is 1.50 bits per heavy atom. The van der Waals surface area contributed by atoms with E-state index >= 15 is 0 Å². The molecule has 1 fully saturated rings. The van der Waals surface area contributed by atoms with Crippen LogP contribution in [0.5, 0.6) is 0 Å². The molecule has 1 aromatic heterocycles. The zero-order valence-corrected chi connectivity index (χ0v) is 13.8. The fraction of sp³-hybridized carbons (Fsp3) is 0.500. The monoisotopic (exact) mass is 319 g/mol. The SMILES string of the molecule is CC1CCCN(C(N)=NCc2nc3cccc(Cl)c3n2C)C1. The first-order valence-corrected chi connectivity index (χ1v) is 8.08. The van der Waals surface area contributed by atoms with Crippen molar-refractivity contribution < 1.29 is 0 Å². The minimum Gasteiger partial charge on any atom is -0.370 e. The van der Waals surface area contributed by atoms with Crippen LogP contribution < -0.4 is 5.73 Å². The molecule has 0 amide bonds. The summed E-state index contributed by atoms with van der Waals surface area (Å²) in [6.07, 6.45) is 2.45. The van der Waals surface area contributed by atoms with E-state index in [1.165, 1.54) is 12.8 Å². The Hall–Kier alpha value is -1.75. The minimum atomic E-state index is 0.470. The number of hydrogen-bond donors (Lipinski definition) is 1. The number of aryl methyl sites for hydroxylation is 1. The van der Waals surface area contributed by atoms with E-state index in [-0.39, 0.29) is 0 Å². The lowest BCUT2D eigenvalue weighted by molar-refractivity contribution is 0.270. The van der Waals surface area contributed by atoms with Gasteiger partial charge < -0.3 is 15.2 Å². The first-order valence-electron chi connectivity index (χ1n) is 7.71. The van der Waals surface area contributed by atoms with Crippen LogP contribution in [0.2, 0.25) is 5.02 Å². The maximum Gasteiger partial charge on any atom is 0.191 e. The molecule has 0 bridgehead atoms. The number of likely N-dealkylation sites (tertiary alicyclic amines) is 1. The van der Waals surface area contributed by atoms with Gasteiger partial charge in [-0.25, -0.2) is 9.98 Å². The van der Waals surface area contributed by atoms with E-state index in [1.54, 1.807) is 0 Å². The van der Waals surface area contributed by atoms with Gasteiger partial charge in [-0.3, -0.25) is 0 Å². The normalized spacial score (nSPS) is 19.9. The molecule has 22 heavy (non-hydrogen) atoms. The van der Waals surface area contributed by atoms with Crippen molar-refractivity contribution in [2.75, 3.05) is 13.1 Å². The van der Waals surface area contributed by atoms with Gasteiger partial charge in [0.15, 0.2) is 5.96 Å². The van der Waals surface area contributed by atoms with Crippen LogP contribution in [0.1, 0.15) is 25.6 Å². The third-order valence-corrected chi connectivity index (χ3v) is 4.61. The number of guanidine groups is 1. The molecule has 1 saturated heterocycles. The van der Waals surface area contributed by atoms with Crippen LogP contribution in [-0.2, 0) is 13.6 Å². The van der Waals surface area contributed by atoms with Crippen LogP contribution in [-0.4, -0.2) is 33.5 Å². The quantitative estimate of drug-likeness (QED) is 0.684. The second kappa shape index (κ2) is 6.16. The predicted molar refractivity (Wildman–Crippen MR) is 91.0 cm³/mol. The van der Waals surface area contributed by atoms with Gasteiger partial charge in [-0.2, -0.15) is 0 Å². The van der Waals surface area contributed by atoms with Crippen molar-refractivity contribution in [3.63, 3.8) is 0 Å². The van der Waals surface area contributed by atoms with Gasteiger partial charge in [0.05, 0.1) is 16.1 Å². The van der Waals surface area contributed by atoms with E-state index in [2.05, 4.69) is 21.8 Å². The van der Waals surface area contributed by atoms with Crippen molar-refractivity contribution in [3.05, 3.63) is 29.0 Å². The third-order valence-electron chi connectivity index (χ3n) is 4.30. The first kappa shape index (κ1) is 15.2. The summed E-state index contributed by atoms with van der Waals surface area (Å²) in [5, 5.41) is 0.709. The fourth-order valence-corrected chi connectivity index (χ4v) is 3.36. The molecule has 2 N–H and O–H groups in total. The zero-order chi connectivity index (χ0) is 15.7. The Morgan fingerprint density at radius 3 is 3.05 bits per heavy atom. The Bertz CT molecular complexity index is 706. The number of hydrogen-bond acceptors (Lipinski definition) is 2. The fourth-order valence-electron chi connectivity index (χ4n) is 3.06. The third kappa shape index (κ3) is 2.90. The minimum absolute atomic E-state index is 0.470. The Morgan fingerprint density at radius 2 is 2.32 bits per heavy atom. The number of nitrogens with two attached hydrogens (primary N) is 1. The van der Waals surface area contributed by atoms with Crippen LogP contribution in [0.15, 0.2) is 23.2 Å². The molecule has 1 atom stereocenters. The molecule has 0 spiro atoms. The molecule has 1 aliphatic heterocycles. The number of rotatable bonds is 2. The van der Waals surface area contributed by atoms with E-state index in [0.717, 1.165) is 29.9 Å². The summed E-state index contributed by atoms with van der Waals surface area (Å²) in [7, 11) is 1.96. The van der Waals surface area contributed by atoms with Gasteiger partial charge >= 0.3 is 0 Å². The second-order valence-electron chi connectivity index (χ2n) is 6.06. The summed E-state index contributed by atoms with van der Waals surface area (Å²) in [6, 6.07) is 5.75. The number of piperidine rings is 1. The van der Waals surface area contributed by atoms with E-state index in [0.29, 0.717) is 23.4 Å². The Balaban J connectivity index is 1.80. The molecular weight excluding hydrogens is 298 g/mol. The zero-order valence-electron chi connectivity index (χ0n) is 13.1. The van der Waals surface area contributed by atoms with Crippen LogP contribution in [0.3, 0.4) is 0 Å². The molecule has 1 aliphatic rings. The van der Waals surface area contributed by atoms with E-state index in [1.807, 2.05) is 29.8 Å². The van der Waals surface area contributed by atoms with Gasteiger partial charge in [-0.05, 0) is 30.9 Å². The topological polar surface area (TPSA) is 59.4 Å². The van der Waals surface area contributed by atoms with Crippen molar-refractivity contribution in [2.45, 2.75) is 26.3 Å². The van der Waals surface area contributed by atoms with Gasteiger partial charge in [0, 0.05) is 20.1 Å². The number of fused-ring (bicyclic) bond motifs is 1. The van der Waals surface area contributed by atoms with Crippen molar-refractivity contribution in [2.24, 2.45) is 23.7 Å². The van der Waals surface area contributed by atoms with Gasteiger partial charge in [-0.1, -0.05) is 24.6 Å². The van der Waals surface area contributed by atoms with Gasteiger partial charge in [0.25, 0.3) is 0 Å². The molecule has 5 nitrogen and oxygen atoms in total. The van der Waals surface area contributed by atoms with E-state index < -0.39 is 0 Å². The Labute approximate surface area is 135 Å². The molecule has 1 unspecified atom stereocenters. The highest BCUT2D eigenvalue weighted by atomic mass is 35.5. The van der Waals surface area contributed by atoms with Gasteiger partial charge in [-0.15, -0.1) is 0 Å². The van der Waals surface area contributed by atoms with Crippen molar-refractivity contribution in [1.29, 1.82) is 0 Å². The standard InChI is InChI=1S/C16H22ClN5/c1-11-5-4-8-22(10-11)16(18)19-9-14-20-13-7-3-6-12(17)15(13)21(14)2/h3,6-7,11H,4-5,8-10H2,1-2H3,(H2,18,19). The van der Waals surface area contributed by atoms with Crippen LogP contribution in [0.4, 0.5) is 0 Å². The number of halogens is 1. The molecule has 2 aromatic rings. The summed E-state index contributed by atoms with van der Waals surface area (Å²) in [4.78, 5) is 11.3. The molecule has 1 aromatic carbocycles. The molecule has 0 radical (unpaired) electrons. The summed E-state index contributed by atoms with van der Waals surface area (Å²) in [5.41, 5.74) is 7.98. The van der Waals surface area contributed by atoms with Crippen LogP contribution in [0.25, 0.3) is 11.0 Å². The summed E-state index contributed by atoms with van der Waals surface area (Å²) in [6.45, 7) is 4.71. The number of nitrogens with zero attached hydrogens (tertiary/aromatic N) is 4. The average Bonchev–Trinajstić information content (AvgIpc) is 2.82. The smallest absolute Gasteiger partial charge is 0.191 e. The second-order valence-corrected chi connectivity index (χ2v) is 6.47. The molecule has 6 heteroatoms. The highest BCUT2D eigenvalue weighted by Crippen LogP contribution is 2.23. The molecule has 0 saturated carbocycles. The van der Waals surface area contributed by atoms with Crippen LogP contribution >= 0.6 is 11.6 Å². The highest BCUT2D eigenvalue weighted by molar-refractivity contribution is 6.35. The van der Waals surface area contributed by atoms with Crippen molar-refractivity contribution in [3.8, 4) is 0 Å². The lowest BCUT2D eigenvalue weighted by atomic mass is 10.0. The molecular formula is C16H22ClN5. The summed E-state index contributed by atoms with van der Waals surface area (Å²) < 4.78 is 1.99. The Kier molecular flexibility index (Phi) is 4.25. The number of aromatic nitrogens is 2. The lowest BCUT2D eigenvalue weighted by Gasteiger charge is -2.31. The molecule has 2 heterocycles. The largest absolute Gasteiger partial charge is 0.370 e. The maximum absolute atomic E-state index is 6.25. The predicted octanol–water partition coefficient (Wildman–Crippen LogP) is 2.77.